The van der Waals surface area contributed by atoms with Crippen molar-refractivity contribution in [3.8, 4) is 11.5 Å². The third-order valence-electron chi connectivity index (χ3n) is 2.91. The Hall–Kier alpha value is -1.68. The molecule has 0 fully saturated rings. The summed E-state index contributed by atoms with van der Waals surface area (Å²) in [6, 6.07) is 9.53. The van der Waals surface area contributed by atoms with Gasteiger partial charge in [0.05, 0.1) is 0 Å². The lowest BCUT2D eigenvalue weighted by Gasteiger charge is -2.12. The molecule has 1 N–H and O–H groups in total. The SMILES string of the molecule is CCC(C)C(O)c1noc(-c2ccccc2)n1. The Morgan fingerprint density at radius 1 is 1.29 bits per heavy atom. The van der Waals surface area contributed by atoms with Gasteiger partial charge in [-0.25, -0.2) is 0 Å². The van der Waals surface area contributed by atoms with E-state index in [1.807, 2.05) is 44.2 Å². The summed E-state index contributed by atoms with van der Waals surface area (Å²) < 4.78 is 5.15. The Morgan fingerprint density at radius 3 is 2.65 bits per heavy atom. The molecule has 0 aliphatic heterocycles. The van der Waals surface area contributed by atoms with Crippen LogP contribution >= 0.6 is 0 Å². The number of aromatic nitrogens is 2. The van der Waals surface area contributed by atoms with E-state index in [2.05, 4.69) is 10.1 Å². The van der Waals surface area contributed by atoms with Gasteiger partial charge < -0.3 is 9.63 Å². The van der Waals surface area contributed by atoms with Crippen molar-refractivity contribution in [2.75, 3.05) is 0 Å². The van der Waals surface area contributed by atoms with E-state index in [0.717, 1.165) is 12.0 Å². The summed E-state index contributed by atoms with van der Waals surface area (Å²) in [6.07, 6.45) is 0.206. The van der Waals surface area contributed by atoms with Crippen LogP contribution in [0.2, 0.25) is 0 Å². The van der Waals surface area contributed by atoms with Gasteiger partial charge in [0.25, 0.3) is 5.89 Å². The fourth-order valence-corrected chi connectivity index (χ4v) is 1.53. The van der Waals surface area contributed by atoms with E-state index in [-0.39, 0.29) is 5.92 Å². The first-order valence-corrected chi connectivity index (χ1v) is 5.79. The smallest absolute Gasteiger partial charge is 0.258 e. The lowest BCUT2D eigenvalue weighted by Crippen LogP contribution is -2.09. The molecule has 0 saturated carbocycles. The lowest BCUT2D eigenvalue weighted by atomic mass is 10.0. The van der Waals surface area contributed by atoms with Gasteiger partial charge in [0, 0.05) is 5.56 Å². The maximum atomic E-state index is 9.96. The average Bonchev–Trinajstić information content (AvgIpc) is 2.87. The van der Waals surface area contributed by atoms with Crippen LogP contribution in [0.1, 0.15) is 32.2 Å². The Balaban J connectivity index is 2.22. The molecule has 0 saturated heterocycles. The molecule has 1 aromatic carbocycles. The summed E-state index contributed by atoms with van der Waals surface area (Å²) in [6.45, 7) is 3.98. The molecule has 0 bridgehead atoms. The number of benzene rings is 1. The van der Waals surface area contributed by atoms with Gasteiger partial charge in [-0.1, -0.05) is 43.6 Å². The van der Waals surface area contributed by atoms with Crippen molar-refractivity contribution in [3.05, 3.63) is 36.2 Å². The van der Waals surface area contributed by atoms with E-state index < -0.39 is 6.10 Å². The molecule has 2 rings (SSSR count). The van der Waals surface area contributed by atoms with Crippen LogP contribution in [0.15, 0.2) is 34.9 Å². The highest BCUT2D eigenvalue weighted by molar-refractivity contribution is 5.52. The standard InChI is InChI=1S/C13H16N2O2/c1-3-9(2)11(16)12-14-13(17-15-12)10-7-5-4-6-8-10/h4-9,11,16H,3H2,1-2H3. The second-order valence-corrected chi connectivity index (χ2v) is 4.15. The molecule has 0 aliphatic carbocycles. The van der Waals surface area contributed by atoms with Gasteiger partial charge in [-0.15, -0.1) is 0 Å². The zero-order chi connectivity index (χ0) is 12.3. The Labute approximate surface area is 100 Å². The molecule has 0 radical (unpaired) electrons. The highest BCUT2D eigenvalue weighted by atomic mass is 16.5. The molecular weight excluding hydrogens is 216 g/mol. The molecular formula is C13H16N2O2. The van der Waals surface area contributed by atoms with Crippen molar-refractivity contribution in [1.29, 1.82) is 0 Å². The molecule has 1 heterocycles. The molecule has 0 amide bonds. The summed E-state index contributed by atoms with van der Waals surface area (Å²) >= 11 is 0. The molecule has 0 spiro atoms. The van der Waals surface area contributed by atoms with Crippen molar-refractivity contribution in [1.82, 2.24) is 10.1 Å². The Bertz CT molecular complexity index is 467. The van der Waals surface area contributed by atoms with E-state index in [4.69, 9.17) is 4.52 Å². The predicted octanol–water partition coefficient (Wildman–Crippen LogP) is 2.82. The van der Waals surface area contributed by atoms with Crippen molar-refractivity contribution in [2.24, 2.45) is 5.92 Å². The van der Waals surface area contributed by atoms with Gasteiger partial charge in [0.15, 0.2) is 0 Å². The first kappa shape index (κ1) is 11.8. The summed E-state index contributed by atoms with van der Waals surface area (Å²) in [5.74, 6) is 0.928. The monoisotopic (exact) mass is 232 g/mol. The van der Waals surface area contributed by atoms with Gasteiger partial charge in [-0.2, -0.15) is 4.98 Å². The molecule has 90 valence electrons. The third-order valence-corrected chi connectivity index (χ3v) is 2.91. The van der Waals surface area contributed by atoms with Gasteiger partial charge in [-0.3, -0.25) is 0 Å². The van der Waals surface area contributed by atoms with Gasteiger partial charge >= 0.3 is 0 Å². The normalized spacial score (nSPS) is 14.5. The van der Waals surface area contributed by atoms with Crippen LogP contribution < -0.4 is 0 Å². The number of nitrogens with zero attached hydrogens (tertiary/aromatic N) is 2. The Morgan fingerprint density at radius 2 is 2.00 bits per heavy atom. The highest BCUT2D eigenvalue weighted by Gasteiger charge is 2.21. The second-order valence-electron chi connectivity index (χ2n) is 4.15. The maximum Gasteiger partial charge on any atom is 0.258 e. The number of aliphatic hydroxyl groups is 1. The number of hydrogen-bond acceptors (Lipinski definition) is 4. The van der Waals surface area contributed by atoms with E-state index >= 15 is 0 Å². The predicted molar refractivity (Wildman–Crippen MR) is 64.1 cm³/mol. The second kappa shape index (κ2) is 5.10. The molecule has 2 aromatic rings. The van der Waals surface area contributed by atoms with Crippen molar-refractivity contribution in [3.63, 3.8) is 0 Å². The fourth-order valence-electron chi connectivity index (χ4n) is 1.53. The Kier molecular flexibility index (Phi) is 3.54. The molecule has 0 aliphatic rings. The minimum Gasteiger partial charge on any atom is -0.385 e. The average molecular weight is 232 g/mol. The molecule has 4 nitrogen and oxygen atoms in total. The van der Waals surface area contributed by atoms with E-state index in [0.29, 0.717) is 11.7 Å². The van der Waals surface area contributed by atoms with Gasteiger partial charge in [-0.05, 0) is 18.1 Å². The molecule has 2 unspecified atom stereocenters. The van der Waals surface area contributed by atoms with E-state index in [1.165, 1.54) is 0 Å². The van der Waals surface area contributed by atoms with Gasteiger partial charge in [0.1, 0.15) is 6.10 Å². The van der Waals surface area contributed by atoms with Crippen molar-refractivity contribution < 1.29 is 9.63 Å². The van der Waals surface area contributed by atoms with Crippen LogP contribution in [0.4, 0.5) is 0 Å². The highest BCUT2D eigenvalue weighted by Crippen LogP contribution is 2.24. The minimum absolute atomic E-state index is 0.122. The topological polar surface area (TPSA) is 59.2 Å². The summed E-state index contributed by atoms with van der Waals surface area (Å²) in [7, 11) is 0. The lowest BCUT2D eigenvalue weighted by molar-refractivity contribution is 0.104. The summed E-state index contributed by atoms with van der Waals surface area (Å²) in [5.41, 5.74) is 0.864. The molecule has 17 heavy (non-hydrogen) atoms. The zero-order valence-electron chi connectivity index (χ0n) is 10.00. The maximum absolute atomic E-state index is 9.96. The zero-order valence-corrected chi connectivity index (χ0v) is 10.00. The van der Waals surface area contributed by atoms with Crippen LogP contribution in [0.25, 0.3) is 11.5 Å². The van der Waals surface area contributed by atoms with Crippen molar-refractivity contribution >= 4 is 0 Å². The summed E-state index contributed by atoms with van der Waals surface area (Å²) in [4.78, 5) is 4.22. The molecule has 4 heteroatoms. The van der Waals surface area contributed by atoms with E-state index in [9.17, 15) is 5.11 Å². The van der Waals surface area contributed by atoms with Crippen LogP contribution in [0.3, 0.4) is 0 Å². The largest absolute Gasteiger partial charge is 0.385 e. The van der Waals surface area contributed by atoms with Crippen LogP contribution in [-0.4, -0.2) is 15.2 Å². The first-order chi connectivity index (χ1) is 8.22. The third kappa shape index (κ3) is 2.53. The molecule has 1 aromatic heterocycles. The number of hydrogen-bond donors (Lipinski definition) is 1. The van der Waals surface area contributed by atoms with Crippen LogP contribution in [0, 0.1) is 5.92 Å². The van der Waals surface area contributed by atoms with Crippen LogP contribution in [0.5, 0.6) is 0 Å². The van der Waals surface area contributed by atoms with Crippen LogP contribution in [-0.2, 0) is 0 Å². The van der Waals surface area contributed by atoms with E-state index in [1.54, 1.807) is 0 Å². The van der Waals surface area contributed by atoms with Crippen molar-refractivity contribution in [2.45, 2.75) is 26.4 Å². The molecule has 2 atom stereocenters. The minimum atomic E-state index is -0.666. The quantitative estimate of drug-likeness (QED) is 0.880. The number of rotatable bonds is 4. The number of aliphatic hydroxyl groups excluding tert-OH is 1. The fraction of sp³-hybridized carbons (Fsp3) is 0.385. The summed E-state index contributed by atoms with van der Waals surface area (Å²) in [5, 5.41) is 13.8. The van der Waals surface area contributed by atoms with Gasteiger partial charge in [0.2, 0.25) is 5.82 Å². The first-order valence-electron chi connectivity index (χ1n) is 5.79.